The maximum absolute atomic E-state index is 13.1. The molecule has 0 bridgehead atoms. The molecule has 0 saturated heterocycles. The molecule has 0 unspecified atom stereocenters. The highest BCUT2D eigenvalue weighted by molar-refractivity contribution is 14.1. The summed E-state index contributed by atoms with van der Waals surface area (Å²) < 4.78 is 19.2. The van der Waals surface area contributed by atoms with Crippen LogP contribution in [0.4, 0.5) is 4.39 Å². The van der Waals surface area contributed by atoms with Crippen molar-refractivity contribution >= 4 is 38.5 Å². The lowest BCUT2D eigenvalue weighted by Gasteiger charge is -2.03. The van der Waals surface area contributed by atoms with Gasteiger partial charge in [-0.1, -0.05) is 0 Å². The van der Waals surface area contributed by atoms with Crippen LogP contribution in [0.1, 0.15) is 0 Å². The van der Waals surface area contributed by atoms with E-state index in [1.54, 1.807) is 12.1 Å². The molecule has 60 valence electrons. The predicted molar refractivity (Wildman–Crippen MR) is 53.4 cm³/mol. The molecule has 0 aromatic heterocycles. The van der Waals surface area contributed by atoms with Gasteiger partial charge in [0.1, 0.15) is 0 Å². The summed E-state index contributed by atoms with van der Waals surface area (Å²) in [7, 11) is 1.45. The first kappa shape index (κ1) is 9.25. The highest BCUT2D eigenvalue weighted by atomic mass is 127. The molecule has 0 saturated carbocycles. The van der Waals surface area contributed by atoms with Crippen molar-refractivity contribution in [3.05, 3.63) is 26.0 Å². The van der Waals surface area contributed by atoms with Gasteiger partial charge >= 0.3 is 0 Å². The Labute approximate surface area is 86.2 Å². The van der Waals surface area contributed by atoms with Crippen molar-refractivity contribution in [2.45, 2.75) is 0 Å². The van der Waals surface area contributed by atoms with Crippen molar-refractivity contribution in [1.29, 1.82) is 0 Å². The first-order valence-corrected chi connectivity index (χ1v) is 4.71. The zero-order valence-electron chi connectivity index (χ0n) is 5.70. The average Bonchev–Trinajstić information content (AvgIpc) is 2.01. The topological polar surface area (TPSA) is 9.23 Å². The molecule has 1 nitrogen and oxygen atoms in total. The average molecular weight is 331 g/mol. The number of rotatable bonds is 1. The first-order valence-electron chi connectivity index (χ1n) is 2.84. The fourth-order valence-electron chi connectivity index (χ4n) is 0.666. The van der Waals surface area contributed by atoms with Crippen molar-refractivity contribution in [3.63, 3.8) is 0 Å². The van der Waals surface area contributed by atoms with Crippen LogP contribution in [0.3, 0.4) is 0 Å². The Morgan fingerprint density at radius 3 is 2.73 bits per heavy atom. The second kappa shape index (κ2) is 3.71. The van der Waals surface area contributed by atoms with E-state index in [1.807, 2.05) is 22.6 Å². The smallest absolute Gasteiger partial charge is 0.179 e. The summed E-state index contributed by atoms with van der Waals surface area (Å²) in [5, 5.41) is 0. The Morgan fingerprint density at radius 1 is 1.55 bits per heavy atom. The molecule has 0 aliphatic heterocycles. The third-order valence-corrected chi connectivity index (χ3v) is 3.68. The molecule has 0 spiro atoms. The van der Waals surface area contributed by atoms with Crippen LogP contribution in [0.5, 0.6) is 5.75 Å². The first-order chi connectivity index (χ1) is 5.16. The maximum atomic E-state index is 13.1. The van der Waals surface area contributed by atoms with E-state index in [-0.39, 0.29) is 11.6 Å². The molecule has 0 aliphatic rings. The molecule has 0 aliphatic carbocycles. The lowest BCUT2D eigenvalue weighted by atomic mass is 10.3. The number of hydrogen-bond donors (Lipinski definition) is 0. The summed E-state index contributed by atoms with van der Waals surface area (Å²) in [5.41, 5.74) is 0. The van der Waals surface area contributed by atoms with Crippen LogP contribution < -0.4 is 4.74 Å². The SMILES string of the molecule is COc1ccc(Br)c(I)c1F. The van der Waals surface area contributed by atoms with Crippen molar-refractivity contribution < 1.29 is 9.13 Å². The van der Waals surface area contributed by atoms with E-state index in [1.165, 1.54) is 7.11 Å². The minimum absolute atomic E-state index is 0.276. The lowest BCUT2D eigenvalue weighted by molar-refractivity contribution is 0.385. The summed E-state index contributed by atoms with van der Waals surface area (Å²) in [4.78, 5) is 0. The van der Waals surface area contributed by atoms with E-state index in [9.17, 15) is 4.39 Å². The molecule has 11 heavy (non-hydrogen) atoms. The van der Waals surface area contributed by atoms with Gasteiger partial charge in [-0.15, -0.1) is 0 Å². The predicted octanol–water partition coefficient (Wildman–Crippen LogP) is 3.20. The van der Waals surface area contributed by atoms with Crippen LogP contribution in [0.2, 0.25) is 0 Å². The molecule has 0 radical (unpaired) electrons. The van der Waals surface area contributed by atoms with Crippen LogP contribution in [0.25, 0.3) is 0 Å². The summed E-state index contributed by atoms with van der Waals surface area (Å²) in [6.45, 7) is 0. The van der Waals surface area contributed by atoms with E-state index >= 15 is 0 Å². The number of halogens is 3. The lowest BCUT2D eigenvalue weighted by Crippen LogP contribution is -1.90. The summed E-state index contributed by atoms with van der Waals surface area (Å²) in [6, 6.07) is 3.34. The van der Waals surface area contributed by atoms with E-state index < -0.39 is 0 Å². The zero-order valence-corrected chi connectivity index (χ0v) is 9.44. The van der Waals surface area contributed by atoms with E-state index in [0.717, 1.165) is 4.47 Å². The van der Waals surface area contributed by atoms with Gasteiger partial charge in [0.2, 0.25) is 0 Å². The molecule has 0 N–H and O–H groups in total. The van der Waals surface area contributed by atoms with Gasteiger partial charge in [0.15, 0.2) is 11.6 Å². The normalized spacial score (nSPS) is 9.82. The van der Waals surface area contributed by atoms with Gasteiger partial charge < -0.3 is 4.74 Å². The van der Waals surface area contributed by atoms with E-state index in [4.69, 9.17) is 4.74 Å². The van der Waals surface area contributed by atoms with E-state index in [0.29, 0.717) is 3.57 Å². The number of benzene rings is 1. The number of ether oxygens (including phenoxy) is 1. The van der Waals surface area contributed by atoms with Gasteiger partial charge in [0.25, 0.3) is 0 Å². The van der Waals surface area contributed by atoms with Gasteiger partial charge in [-0.2, -0.15) is 0 Å². The van der Waals surface area contributed by atoms with Crippen LogP contribution >= 0.6 is 38.5 Å². The molecule has 0 amide bonds. The third-order valence-electron chi connectivity index (χ3n) is 1.22. The second-order valence-electron chi connectivity index (χ2n) is 1.88. The molecule has 1 aromatic carbocycles. The van der Waals surface area contributed by atoms with Crippen molar-refractivity contribution in [3.8, 4) is 5.75 Å². The molecule has 0 heterocycles. The summed E-state index contributed by atoms with van der Waals surface area (Å²) >= 11 is 5.12. The Morgan fingerprint density at radius 2 is 2.18 bits per heavy atom. The molecular formula is C7H5BrFIO. The fraction of sp³-hybridized carbons (Fsp3) is 0.143. The number of methoxy groups -OCH3 is 1. The van der Waals surface area contributed by atoms with E-state index in [2.05, 4.69) is 15.9 Å². The molecule has 4 heteroatoms. The molecule has 0 fully saturated rings. The minimum atomic E-state index is -0.317. The van der Waals surface area contributed by atoms with Crippen molar-refractivity contribution in [2.24, 2.45) is 0 Å². The Hall–Kier alpha value is 0.160. The third kappa shape index (κ3) is 1.84. The largest absolute Gasteiger partial charge is 0.494 e. The van der Waals surface area contributed by atoms with Gasteiger partial charge in [-0.3, -0.25) is 0 Å². The van der Waals surface area contributed by atoms with Gasteiger partial charge in [0, 0.05) is 4.47 Å². The maximum Gasteiger partial charge on any atom is 0.179 e. The summed E-state index contributed by atoms with van der Waals surface area (Å²) in [6.07, 6.45) is 0. The quantitative estimate of drug-likeness (QED) is 0.567. The van der Waals surface area contributed by atoms with Crippen molar-refractivity contribution in [1.82, 2.24) is 0 Å². The van der Waals surface area contributed by atoms with Gasteiger partial charge in [-0.25, -0.2) is 4.39 Å². The highest BCUT2D eigenvalue weighted by Crippen LogP contribution is 2.28. The van der Waals surface area contributed by atoms with Gasteiger partial charge in [0.05, 0.1) is 10.7 Å². The monoisotopic (exact) mass is 330 g/mol. The zero-order chi connectivity index (χ0) is 8.43. The molecular weight excluding hydrogens is 326 g/mol. The number of hydrogen-bond acceptors (Lipinski definition) is 1. The van der Waals surface area contributed by atoms with Crippen LogP contribution in [-0.4, -0.2) is 7.11 Å². The van der Waals surface area contributed by atoms with Gasteiger partial charge in [-0.05, 0) is 50.7 Å². The second-order valence-corrected chi connectivity index (χ2v) is 3.81. The Bertz CT molecular complexity index is 277. The molecule has 1 rings (SSSR count). The Balaban J connectivity index is 3.25. The van der Waals surface area contributed by atoms with Crippen LogP contribution in [0.15, 0.2) is 16.6 Å². The summed E-state index contributed by atoms with van der Waals surface area (Å²) in [5.74, 6) is -0.0416. The molecule has 0 atom stereocenters. The highest BCUT2D eigenvalue weighted by Gasteiger charge is 2.08. The van der Waals surface area contributed by atoms with Crippen molar-refractivity contribution in [2.75, 3.05) is 7.11 Å². The Kier molecular flexibility index (Phi) is 3.12. The van der Waals surface area contributed by atoms with Crippen LogP contribution in [-0.2, 0) is 0 Å². The minimum Gasteiger partial charge on any atom is -0.494 e. The van der Waals surface area contributed by atoms with Crippen LogP contribution in [0, 0.1) is 9.39 Å². The molecule has 1 aromatic rings. The fourth-order valence-corrected chi connectivity index (χ4v) is 1.42. The standard InChI is InChI=1S/C7H5BrFIO/c1-11-5-3-2-4(8)7(10)6(5)9/h2-3H,1H3.